The second kappa shape index (κ2) is 7.54. The van der Waals surface area contributed by atoms with Crippen LogP contribution in [0, 0.1) is 0 Å². The molecule has 1 aromatic heterocycles. The van der Waals surface area contributed by atoms with Crippen LogP contribution in [-0.4, -0.2) is 54.6 Å². The van der Waals surface area contributed by atoms with E-state index in [1.165, 1.54) is 36.3 Å². The van der Waals surface area contributed by atoms with Gasteiger partial charge in [0.1, 0.15) is 5.82 Å². The quantitative estimate of drug-likeness (QED) is 0.855. The van der Waals surface area contributed by atoms with E-state index in [0.717, 1.165) is 32.7 Å². The van der Waals surface area contributed by atoms with E-state index < -0.39 is 0 Å². The van der Waals surface area contributed by atoms with Gasteiger partial charge in [-0.15, -0.1) is 0 Å². The fraction of sp³-hybridized carbons (Fsp3) is 0.476. The van der Waals surface area contributed by atoms with Gasteiger partial charge in [-0.1, -0.05) is 36.4 Å². The van der Waals surface area contributed by atoms with Gasteiger partial charge in [0.05, 0.1) is 0 Å². The molecule has 25 heavy (non-hydrogen) atoms. The summed E-state index contributed by atoms with van der Waals surface area (Å²) in [5.41, 5.74) is 2.82. The molecule has 0 N–H and O–H groups in total. The molecule has 4 nitrogen and oxygen atoms in total. The van der Waals surface area contributed by atoms with Crippen molar-refractivity contribution in [2.75, 3.05) is 44.7 Å². The minimum absolute atomic E-state index is 0.489. The van der Waals surface area contributed by atoms with E-state index in [4.69, 9.17) is 4.98 Å². The van der Waals surface area contributed by atoms with E-state index >= 15 is 0 Å². The van der Waals surface area contributed by atoms with Crippen LogP contribution in [0.1, 0.15) is 30.0 Å². The smallest absolute Gasteiger partial charge is 0.133 e. The van der Waals surface area contributed by atoms with Crippen molar-refractivity contribution in [2.45, 2.75) is 25.4 Å². The summed E-state index contributed by atoms with van der Waals surface area (Å²) in [4.78, 5) is 12.3. The molecule has 0 radical (unpaired) electrons. The number of aromatic nitrogens is 1. The number of likely N-dealkylation sites (tertiary alicyclic amines) is 1. The average Bonchev–Trinajstić information content (AvgIpc) is 3.11. The van der Waals surface area contributed by atoms with Gasteiger partial charge in [-0.3, -0.25) is 4.90 Å². The molecule has 3 heterocycles. The molecule has 2 saturated heterocycles. The first kappa shape index (κ1) is 16.6. The van der Waals surface area contributed by atoms with Crippen molar-refractivity contribution < 1.29 is 0 Å². The van der Waals surface area contributed by atoms with Gasteiger partial charge in [0.15, 0.2) is 0 Å². The SMILES string of the molecule is CN1CCN(c2ncccc2[C@H]2CCCN2Cc2ccccc2)CC1. The lowest BCUT2D eigenvalue weighted by Crippen LogP contribution is -2.45. The zero-order valence-electron chi connectivity index (χ0n) is 15.1. The number of benzene rings is 1. The lowest BCUT2D eigenvalue weighted by Gasteiger charge is -2.36. The Morgan fingerprint density at radius 3 is 2.56 bits per heavy atom. The molecule has 1 aromatic carbocycles. The number of rotatable bonds is 4. The minimum Gasteiger partial charge on any atom is -0.354 e. The van der Waals surface area contributed by atoms with Crippen LogP contribution in [0.3, 0.4) is 0 Å². The number of hydrogen-bond acceptors (Lipinski definition) is 4. The van der Waals surface area contributed by atoms with Gasteiger partial charge >= 0.3 is 0 Å². The summed E-state index contributed by atoms with van der Waals surface area (Å²) >= 11 is 0. The Morgan fingerprint density at radius 2 is 1.76 bits per heavy atom. The Hall–Kier alpha value is -1.91. The first-order valence-corrected chi connectivity index (χ1v) is 9.47. The van der Waals surface area contributed by atoms with Crippen molar-refractivity contribution in [3.63, 3.8) is 0 Å². The summed E-state index contributed by atoms with van der Waals surface area (Å²) in [7, 11) is 2.20. The van der Waals surface area contributed by atoms with Gasteiger partial charge in [-0.05, 0) is 38.1 Å². The van der Waals surface area contributed by atoms with Crippen LogP contribution in [0.4, 0.5) is 5.82 Å². The summed E-state index contributed by atoms with van der Waals surface area (Å²) in [6.45, 7) is 6.60. The molecule has 1 atom stereocenters. The molecule has 2 aromatic rings. The van der Waals surface area contributed by atoms with Gasteiger partial charge in [0.2, 0.25) is 0 Å². The van der Waals surface area contributed by atoms with Crippen molar-refractivity contribution in [1.82, 2.24) is 14.8 Å². The van der Waals surface area contributed by atoms with Gasteiger partial charge in [0.25, 0.3) is 0 Å². The third-order valence-electron chi connectivity index (χ3n) is 5.57. The summed E-state index contributed by atoms with van der Waals surface area (Å²) in [6, 6.07) is 15.7. The van der Waals surface area contributed by atoms with Crippen LogP contribution in [0.15, 0.2) is 48.7 Å². The molecule has 0 amide bonds. The number of piperazine rings is 1. The highest BCUT2D eigenvalue weighted by atomic mass is 15.3. The molecule has 0 bridgehead atoms. The largest absolute Gasteiger partial charge is 0.354 e. The average molecular weight is 336 g/mol. The molecule has 0 unspecified atom stereocenters. The predicted octanol–water partition coefficient (Wildman–Crippen LogP) is 3.17. The Labute approximate surface area is 151 Å². The van der Waals surface area contributed by atoms with Crippen molar-refractivity contribution >= 4 is 5.82 Å². The summed E-state index contributed by atoms with van der Waals surface area (Å²) in [5, 5.41) is 0. The van der Waals surface area contributed by atoms with Gasteiger partial charge in [-0.2, -0.15) is 0 Å². The lowest BCUT2D eigenvalue weighted by atomic mass is 10.0. The summed E-state index contributed by atoms with van der Waals surface area (Å²) < 4.78 is 0. The zero-order valence-corrected chi connectivity index (χ0v) is 15.1. The van der Waals surface area contributed by atoms with Crippen LogP contribution in [0.2, 0.25) is 0 Å². The normalized spacial score (nSPS) is 22.4. The van der Waals surface area contributed by atoms with Crippen LogP contribution >= 0.6 is 0 Å². The Balaban J connectivity index is 1.56. The van der Waals surface area contributed by atoms with E-state index in [-0.39, 0.29) is 0 Å². The first-order chi connectivity index (χ1) is 12.3. The maximum Gasteiger partial charge on any atom is 0.133 e. The molecular formula is C21H28N4. The fourth-order valence-electron chi connectivity index (χ4n) is 4.14. The highest BCUT2D eigenvalue weighted by molar-refractivity contribution is 5.49. The first-order valence-electron chi connectivity index (χ1n) is 9.47. The van der Waals surface area contributed by atoms with E-state index in [2.05, 4.69) is 64.2 Å². The standard InChI is InChI=1S/C21H28N4/c1-23-13-15-24(16-14-23)21-19(9-5-11-22-21)20-10-6-12-25(20)17-18-7-3-2-4-8-18/h2-5,7-9,11,20H,6,10,12-17H2,1H3/t20-/m1/s1. The van der Waals surface area contributed by atoms with E-state index in [1.54, 1.807) is 0 Å². The van der Waals surface area contributed by atoms with Crippen LogP contribution in [0.25, 0.3) is 0 Å². The highest BCUT2D eigenvalue weighted by Gasteiger charge is 2.30. The monoisotopic (exact) mass is 336 g/mol. The molecule has 0 spiro atoms. The van der Waals surface area contributed by atoms with Crippen molar-refractivity contribution in [3.05, 3.63) is 59.8 Å². The fourth-order valence-corrected chi connectivity index (χ4v) is 4.14. The second-order valence-electron chi connectivity index (χ2n) is 7.32. The highest BCUT2D eigenvalue weighted by Crippen LogP contribution is 2.37. The molecule has 4 heteroatoms. The molecule has 2 aliphatic heterocycles. The number of likely N-dealkylation sites (N-methyl/N-ethyl adjacent to an activating group) is 1. The van der Waals surface area contributed by atoms with Crippen LogP contribution < -0.4 is 4.90 Å². The lowest BCUT2D eigenvalue weighted by molar-refractivity contribution is 0.247. The topological polar surface area (TPSA) is 22.6 Å². The number of hydrogen-bond donors (Lipinski definition) is 0. The van der Waals surface area contributed by atoms with Crippen molar-refractivity contribution in [3.8, 4) is 0 Å². The Morgan fingerprint density at radius 1 is 0.960 bits per heavy atom. The second-order valence-corrected chi connectivity index (χ2v) is 7.32. The van der Waals surface area contributed by atoms with E-state index in [9.17, 15) is 0 Å². The summed E-state index contributed by atoms with van der Waals surface area (Å²) in [5.74, 6) is 1.21. The molecule has 0 saturated carbocycles. The Bertz CT molecular complexity index is 679. The van der Waals surface area contributed by atoms with Gasteiger partial charge < -0.3 is 9.80 Å². The van der Waals surface area contributed by atoms with Crippen LogP contribution in [-0.2, 0) is 6.54 Å². The number of nitrogens with zero attached hydrogens (tertiary/aromatic N) is 4. The molecule has 4 rings (SSSR count). The van der Waals surface area contributed by atoms with Crippen LogP contribution in [0.5, 0.6) is 0 Å². The zero-order chi connectivity index (χ0) is 17.1. The Kier molecular flexibility index (Phi) is 4.99. The number of pyridine rings is 1. The van der Waals surface area contributed by atoms with E-state index in [0.29, 0.717) is 6.04 Å². The molecule has 2 aliphatic rings. The van der Waals surface area contributed by atoms with Crippen molar-refractivity contribution in [2.24, 2.45) is 0 Å². The molecule has 132 valence electrons. The minimum atomic E-state index is 0.489. The van der Waals surface area contributed by atoms with Crippen molar-refractivity contribution in [1.29, 1.82) is 0 Å². The summed E-state index contributed by atoms with van der Waals surface area (Å²) in [6.07, 6.45) is 4.46. The van der Waals surface area contributed by atoms with Gasteiger partial charge in [-0.25, -0.2) is 4.98 Å². The molecule has 0 aliphatic carbocycles. The third kappa shape index (κ3) is 3.70. The van der Waals surface area contributed by atoms with E-state index in [1.807, 2.05) is 6.20 Å². The number of anilines is 1. The predicted molar refractivity (Wildman–Crippen MR) is 103 cm³/mol. The third-order valence-corrected chi connectivity index (χ3v) is 5.57. The molecular weight excluding hydrogens is 308 g/mol. The maximum atomic E-state index is 4.79. The maximum absolute atomic E-state index is 4.79. The molecule has 2 fully saturated rings. The van der Waals surface area contributed by atoms with Gasteiger partial charge in [0, 0.05) is 50.5 Å².